The number of aromatic nitrogens is 2. The van der Waals surface area contributed by atoms with Gasteiger partial charge in [-0.1, -0.05) is 0 Å². The number of fused-ring (bicyclic) bond motifs is 1. The zero-order chi connectivity index (χ0) is 17.1. The number of azo groups is 1. The third-order valence-electron chi connectivity index (χ3n) is 3.32. The summed E-state index contributed by atoms with van der Waals surface area (Å²) in [7, 11) is 1.28. The number of methoxy groups -OCH3 is 1. The third-order valence-corrected chi connectivity index (χ3v) is 3.32. The van der Waals surface area contributed by atoms with E-state index in [9.17, 15) is 15.0 Å². The first kappa shape index (κ1) is 15.5. The molecule has 0 bridgehead atoms. The molecule has 2 aromatic heterocycles. The van der Waals surface area contributed by atoms with Gasteiger partial charge in [-0.2, -0.15) is 0 Å². The molecule has 0 aliphatic heterocycles. The van der Waals surface area contributed by atoms with Crippen LogP contribution in [0.1, 0.15) is 5.69 Å². The summed E-state index contributed by atoms with van der Waals surface area (Å²) in [6.45, 7) is 0. The largest absolute Gasteiger partial charge is 0.508 e. The number of esters is 1. The molecule has 3 rings (SSSR count). The van der Waals surface area contributed by atoms with Crippen LogP contribution < -0.4 is 0 Å². The molecule has 0 atom stereocenters. The monoisotopic (exact) mass is 326 g/mol. The van der Waals surface area contributed by atoms with E-state index in [1.54, 1.807) is 24.4 Å². The van der Waals surface area contributed by atoms with E-state index in [2.05, 4.69) is 19.9 Å². The van der Waals surface area contributed by atoms with Gasteiger partial charge in [0, 0.05) is 6.20 Å². The van der Waals surface area contributed by atoms with Crippen LogP contribution in [0, 0.1) is 0 Å². The van der Waals surface area contributed by atoms with Crippen molar-refractivity contribution in [2.24, 2.45) is 10.2 Å². The van der Waals surface area contributed by atoms with Gasteiger partial charge >= 0.3 is 5.97 Å². The fourth-order valence-electron chi connectivity index (χ4n) is 2.15. The number of phenols is 1. The number of imidazole rings is 1. The summed E-state index contributed by atoms with van der Waals surface area (Å²) in [5.41, 5.74) is 1.13. The summed E-state index contributed by atoms with van der Waals surface area (Å²) < 4.78 is 6.20. The SMILES string of the molecule is COC(=O)Cc1nc2c(O)cccn2c1N=Nc1ccc(O)cc1. The normalized spacial score (nSPS) is 11.2. The zero-order valence-electron chi connectivity index (χ0n) is 12.7. The zero-order valence-corrected chi connectivity index (χ0v) is 12.7. The van der Waals surface area contributed by atoms with Crippen LogP contribution in [0.3, 0.4) is 0 Å². The molecule has 0 fully saturated rings. The van der Waals surface area contributed by atoms with Crippen LogP contribution in [0.4, 0.5) is 11.5 Å². The van der Waals surface area contributed by atoms with E-state index in [1.807, 2.05) is 0 Å². The standard InChI is InChI=1S/C16H14N4O4/c1-24-14(23)9-12-15(19-18-10-4-6-11(21)7-5-10)20-8-2-3-13(22)16(20)17-12/h2-8,21-22H,9H2,1H3. The lowest BCUT2D eigenvalue weighted by molar-refractivity contribution is -0.139. The summed E-state index contributed by atoms with van der Waals surface area (Å²) >= 11 is 0. The summed E-state index contributed by atoms with van der Waals surface area (Å²) in [4.78, 5) is 15.8. The maximum Gasteiger partial charge on any atom is 0.311 e. The van der Waals surface area contributed by atoms with E-state index in [0.717, 1.165) is 0 Å². The number of carbonyl (C=O) groups excluding carboxylic acids is 1. The first-order valence-corrected chi connectivity index (χ1v) is 7.05. The molecule has 0 radical (unpaired) electrons. The van der Waals surface area contributed by atoms with Gasteiger partial charge in [-0.15, -0.1) is 10.2 Å². The number of aromatic hydroxyl groups is 2. The van der Waals surface area contributed by atoms with Gasteiger partial charge < -0.3 is 14.9 Å². The lowest BCUT2D eigenvalue weighted by atomic mass is 10.3. The quantitative estimate of drug-likeness (QED) is 0.566. The van der Waals surface area contributed by atoms with Gasteiger partial charge in [0.15, 0.2) is 17.2 Å². The van der Waals surface area contributed by atoms with E-state index in [0.29, 0.717) is 17.2 Å². The minimum atomic E-state index is -0.473. The topological polar surface area (TPSA) is 109 Å². The molecule has 8 nitrogen and oxygen atoms in total. The number of phenolic OH excluding ortho intramolecular Hbond substituents is 1. The number of benzene rings is 1. The Balaban J connectivity index is 2.06. The Labute approximate surface area is 136 Å². The second-order valence-electron chi connectivity index (χ2n) is 4.94. The van der Waals surface area contributed by atoms with Crippen LogP contribution in [-0.4, -0.2) is 32.7 Å². The second-order valence-corrected chi connectivity index (χ2v) is 4.94. The molecule has 24 heavy (non-hydrogen) atoms. The molecule has 122 valence electrons. The van der Waals surface area contributed by atoms with Gasteiger partial charge in [0.2, 0.25) is 0 Å². The van der Waals surface area contributed by atoms with E-state index < -0.39 is 5.97 Å². The van der Waals surface area contributed by atoms with Crippen molar-refractivity contribution in [3.05, 3.63) is 48.3 Å². The highest BCUT2D eigenvalue weighted by molar-refractivity contribution is 5.74. The van der Waals surface area contributed by atoms with Crippen LogP contribution in [0.2, 0.25) is 0 Å². The Kier molecular flexibility index (Phi) is 4.11. The van der Waals surface area contributed by atoms with E-state index in [1.165, 1.54) is 29.7 Å². The summed E-state index contributed by atoms with van der Waals surface area (Å²) in [6, 6.07) is 9.30. The van der Waals surface area contributed by atoms with Crippen molar-refractivity contribution < 1.29 is 19.7 Å². The lowest BCUT2D eigenvalue weighted by Crippen LogP contribution is -2.04. The van der Waals surface area contributed by atoms with E-state index in [4.69, 9.17) is 0 Å². The highest BCUT2D eigenvalue weighted by atomic mass is 16.5. The molecular formula is C16H14N4O4. The van der Waals surface area contributed by atoms with Crippen LogP contribution in [-0.2, 0) is 16.0 Å². The van der Waals surface area contributed by atoms with E-state index >= 15 is 0 Å². The molecule has 0 spiro atoms. The number of nitrogens with zero attached hydrogens (tertiary/aromatic N) is 4. The third kappa shape index (κ3) is 3.02. The molecule has 0 saturated heterocycles. The Bertz CT molecular complexity index is 916. The average Bonchev–Trinajstić information content (AvgIpc) is 2.93. The lowest BCUT2D eigenvalue weighted by Gasteiger charge is -1.99. The highest BCUT2D eigenvalue weighted by Crippen LogP contribution is 2.29. The van der Waals surface area contributed by atoms with Gasteiger partial charge in [0.25, 0.3) is 0 Å². The van der Waals surface area contributed by atoms with Crippen molar-refractivity contribution in [3.63, 3.8) is 0 Å². The molecule has 1 aromatic carbocycles. The van der Waals surface area contributed by atoms with E-state index in [-0.39, 0.29) is 23.6 Å². The molecule has 0 amide bonds. The summed E-state index contributed by atoms with van der Waals surface area (Å²) in [5.74, 6) is -0.0619. The fourth-order valence-corrected chi connectivity index (χ4v) is 2.15. The average molecular weight is 326 g/mol. The van der Waals surface area contributed by atoms with Crippen LogP contribution in [0.25, 0.3) is 5.65 Å². The number of hydrogen-bond donors (Lipinski definition) is 2. The smallest absolute Gasteiger partial charge is 0.311 e. The number of pyridine rings is 1. The molecule has 0 aliphatic rings. The van der Waals surface area contributed by atoms with Crippen molar-refractivity contribution in [2.45, 2.75) is 6.42 Å². The maximum atomic E-state index is 11.6. The van der Waals surface area contributed by atoms with Crippen molar-refractivity contribution in [3.8, 4) is 11.5 Å². The van der Waals surface area contributed by atoms with Crippen LogP contribution in [0.15, 0.2) is 52.8 Å². The predicted molar refractivity (Wildman–Crippen MR) is 84.9 cm³/mol. The van der Waals surface area contributed by atoms with Crippen LogP contribution in [0.5, 0.6) is 11.5 Å². The molecule has 0 aliphatic carbocycles. The van der Waals surface area contributed by atoms with Crippen molar-refractivity contribution in [1.82, 2.24) is 9.38 Å². The number of hydrogen-bond acceptors (Lipinski definition) is 7. The van der Waals surface area contributed by atoms with Crippen molar-refractivity contribution in [2.75, 3.05) is 7.11 Å². The first-order valence-electron chi connectivity index (χ1n) is 7.05. The van der Waals surface area contributed by atoms with Gasteiger partial charge in [0.1, 0.15) is 5.75 Å². The van der Waals surface area contributed by atoms with Gasteiger partial charge in [-0.05, 0) is 36.4 Å². The Morgan fingerprint density at radius 3 is 2.67 bits per heavy atom. The second kappa shape index (κ2) is 6.37. The fraction of sp³-hybridized carbons (Fsp3) is 0.125. The summed E-state index contributed by atoms with van der Waals surface area (Å²) in [5, 5.41) is 27.4. The van der Waals surface area contributed by atoms with Gasteiger partial charge in [-0.3, -0.25) is 9.20 Å². The summed E-state index contributed by atoms with van der Waals surface area (Å²) in [6.07, 6.45) is 1.57. The number of carbonyl (C=O) groups is 1. The first-order chi connectivity index (χ1) is 11.6. The molecular weight excluding hydrogens is 312 g/mol. The number of rotatable bonds is 4. The molecule has 0 unspecified atom stereocenters. The van der Waals surface area contributed by atoms with Crippen molar-refractivity contribution >= 4 is 23.1 Å². The molecule has 2 heterocycles. The minimum Gasteiger partial charge on any atom is -0.508 e. The molecule has 0 saturated carbocycles. The van der Waals surface area contributed by atoms with Gasteiger partial charge in [-0.25, -0.2) is 4.98 Å². The Hall–Kier alpha value is -3.42. The number of ether oxygens (including phenoxy) is 1. The minimum absolute atomic E-state index is 0.0327. The molecule has 2 N–H and O–H groups in total. The molecule has 3 aromatic rings. The predicted octanol–water partition coefficient (Wildman–Crippen LogP) is 2.88. The van der Waals surface area contributed by atoms with Crippen LogP contribution >= 0.6 is 0 Å². The Morgan fingerprint density at radius 1 is 1.21 bits per heavy atom. The Morgan fingerprint density at radius 2 is 1.96 bits per heavy atom. The van der Waals surface area contributed by atoms with Gasteiger partial charge in [0.05, 0.1) is 24.9 Å². The highest BCUT2D eigenvalue weighted by Gasteiger charge is 2.17. The molecule has 8 heteroatoms. The van der Waals surface area contributed by atoms with Crippen molar-refractivity contribution in [1.29, 1.82) is 0 Å². The maximum absolute atomic E-state index is 11.6.